The summed E-state index contributed by atoms with van der Waals surface area (Å²) in [5.74, 6) is -2.68. The number of amides is 1. The van der Waals surface area contributed by atoms with Gasteiger partial charge in [0.2, 0.25) is 0 Å². The maximum Gasteiger partial charge on any atom is 0.417 e. The summed E-state index contributed by atoms with van der Waals surface area (Å²) in [6, 6.07) is 3.06. The number of carboxylic acids is 1. The molecule has 1 amide bonds. The van der Waals surface area contributed by atoms with E-state index in [0.29, 0.717) is 6.07 Å². The minimum Gasteiger partial charge on any atom is -0.481 e. The average molecular weight is 354 g/mol. The second kappa shape index (κ2) is 6.25. The number of alkyl halides is 3. The highest BCUT2D eigenvalue weighted by atomic mass is 79.9. The van der Waals surface area contributed by atoms with Crippen LogP contribution in [0.2, 0.25) is 0 Å². The molecule has 8 heteroatoms. The van der Waals surface area contributed by atoms with Crippen LogP contribution in [0, 0.1) is 5.92 Å². The first kappa shape index (κ1) is 16.5. The number of hydrogen-bond donors (Lipinski definition) is 2. The Morgan fingerprint density at radius 1 is 1.40 bits per heavy atom. The highest BCUT2D eigenvalue weighted by molar-refractivity contribution is 9.10. The molecule has 0 spiro atoms. The lowest BCUT2D eigenvalue weighted by Crippen LogP contribution is -2.31. The lowest BCUT2D eigenvalue weighted by molar-refractivity contribution is -0.141. The number of carbonyl (C=O) groups excluding carboxylic acids is 1. The van der Waals surface area contributed by atoms with E-state index in [9.17, 15) is 22.8 Å². The van der Waals surface area contributed by atoms with Crippen molar-refractivity contribution in [1.82, 2.24) is 5.32 Å². The van der Waals surface area contributed by atoms with Crippen molar-refractivity contribution in [3.05, 3.63) is 33.8 Å². The van der Waals surface area contributed by atoms with Crippen molar-refractivity contribution in [2.75, 3.05) is 6.54 Å². The lowest BCUT2D eigenvalue weighted by Gasteiger charge is -2.12. The zero-order valence-corrected chi connectivity index (χ0v) is 11.9. The summed E-state index contributed by atoms with van der Waals surface area (Å²) in [6.45, 7) is 1.22. The van der Waals surface area contributed by atoms with E-state index in [-0.39, 0.29) is 16.6 Å². The molecular formula is C12H11BrF3NO3. The Labute approximate surface area is 121 Å². The molecule has 0 radical (unpaired) electrons. The van der Waals surface area contributed by atoms with E-state index >= 15 is 0 Å². The van der Waals surface area contributed by atoms with Crippen LogP contribution >= 0.6 is 15.9 Å². The topological polar surface area (TPSA) is 66.4 Å². The number of carbonyl (C=O) groups is 2. The van der Waals surface area contributed by atoms with Gasteiger partial charge in [-0.05, 0) is 18.2 Å². The van der Waals surface area contributed by atoms with Gasteiger partial charge in [-0.1, -0.05) is 22.9 Å². The summed E-state index contributed by atoms with van der Waals surface area (Å²) in [5.41, 5.74) is -1.14. The van der Waals surface area contributed by atoms with Crippen LogP contribution in [0.5, 0.6) is 0 Å². The van der Waals surface area contributed by atoms with Gasteiger partial charge in [-0.25, -0.2) is 0 Å². The van der Waals surface area contributed by atoms with Crippen LogP contribution in [0.15, 0.2) is 22.7 Å². The molecule has 0 saturated carbocycles. The van der Waals surface area contributed by atoms with Crippen molar-refractivity contribution in [3.63, 3.8) is 0 Å². The molecule has 110 valence electrons. The summed E-state index contributed by atoms with van der Waals surface area (Å²) in [6.07, 6.45) is -4.58. The van der Waals surface area contributed by atoms with Gasteiger partial charge < -0.3 is 10.4 Å². The van der Waals surface area contributed by atoms with E-state index < -0.39 is 29.5 Å². The molecule has 0 bridgehead atoms. The third-order valence-electron chi connectivity index (χ3n) is 2.52. The van der Waals surface area contributed by atoms with Gasteiger partial charge in [0.05, 0.1) is 11.5 Å². The number of hydrogen-bond acceptors (Lipinski definition) is 2. The molecule has 0 aliphatic carbocycles. The fourth-order valence-electron chi connectivity index (χ4n) is 1.32. The minimum atomic E-state index is -4.58. The quantitative estimate of drug-likeness (QED) is 0.874. The number of halogens is 4. The van der Waals surface area contributed by atoms with Gasteiger partial charge in [0, 0.05) is 16.6 Å². The van der Waals surface area contributed by atoms with E-state index in [4.69, 9.17) is 5.11 Å². The van der Waals surface area contributed by atoms with Crippen molar-refractivity contribution < 1.29 is 27.9 Å². The summed E-state index contributed by atoms with van der Waals surface area (Å²) in [5, 5.41) is 10.9. The van der Waals surface area contributed by atoms with E-state index in [1.54, 1.807) is 0 Å². The SMILES string of the molecule is CC(CNC(=O)c1ccc(Br)c(C(F)(F)F)c1)C(=O)O. The highest BCUT2D eigenvalue weighted by Crippen LogP contribution is 2.35. The monoisotopic (exact) mass is 353 g/mol. The Hall–Kier alpha value is -1.57. The van der Waals surface area contributed by atoms with E-state index in [1.165, 1.54) is 13.0 Å². The van der Waals surface area contributed by atoms with E-state index in [1.807, 2.05) is 0 Å². The zero-order chi connectivity index (χ0) is 15.5. The van der Waals surface area contributed by atoms with Crippen LogP contribution < -0.4 is 5.32 Å². The molecule has 1 rings (SSSR count). The number of carboxylic acid groups (broad SMARTS) is 1. The summed E-state index contributed by atoms with van der Waals surface area (Å²) >= 11 is 2.77. The Morgan fingerprint density at radius 3 is 2.50 bits per heavy atom. The van der Waals surface area contributed by atoms with Crippen molar-refractivity contribution in [3.8, 4) is 0 Å². The molecular weight excluding hydrogens is 343 g/mol. The maximum absolute atomic E-state index is 12.7. The highest BCUT2D eigenvalue weighted by Gasteiger charge is 2.33. The number of aliphatic carboxylic acids is 1. The molecule has 0 fully saturated rings. The van der Waals surface area contributed by atoms with Gasteiger partial charge in [-0.15, -0.1) is 0 Å². The second-order valence-electron chi connectivity index (χ2n) is 4.14. The van der Waals surface area contributed by atoms with Crippen molar-refractivity contribution in [2.24, 2.45) is 5.92 Å². The van der Waals surface area contributed by atoms with Crippen molar-refractivity contribution in [2.45, 2.75) is 13.1 Å². The Morgan fingerprint density at radius 2 is 2.00 bits per heavy atom. The zero-order valence-electron chi connectivity index (χ0n) is 10.3. The van der Waals surface area contributed by atoms with Crippen molar-refractivity contribution >= 4 is 27.8 Å². The second-order valence-corrected chi connectivity index (χ2v) is 5.00. The third kappa shape index (κ3) is 4.22. The maximum atomic E-state index is 12.7. The fourth-order valence-corrected chi connectivity index (χ4v) is 1.79. The van der Waals surface area contributed by atoms with Crippen LogP contribution in [0.1, 0.15) is 22.8 Å². The lowest BCUT2D eigenvalue weighted by atomic mass is 10.1. The molecule has 4 nitrogen and oxygen atoms in total. The van der Waals surface area contributed by atoms with Gasteiger partial charge in [-0.3, -0.25) is 9.59 Å². The van der Waals surface area contributed by atoms with Gasteiger partial charge in [0.1, 0.15) is 0 Å². The van der Waals surface area contributed by atoms with Gasteiger partial charge in [-0.2, -0.15) is 13.2 Å². The largest absolute Gasteiger partial charge is 0.481 e. The van der Waals surface area contributed by atoms with Gasteiger partial charge in [0.15, 0.2) is 0 Å². The molecule has 20 heavy (non-hydrogen) atoms. The van der Waals surface area contributed by atoms with Crippen LogP contribution in [-0.2, 0) is 11.0 Å². The van der Waals surface area contributed by atoms with E-state index in [2.05, 4.69) is 21.2 Å². The van der Waals surface area contributed by atoms with Gasteiger partial charge in [0.25, 0.3) is 5.91 Å². The van der Waals surface area contributed by atoms with Crippen LogP contribution in [-0.4, -0.2) is 23.5 Å². The molecule has 0 heterocycles. The van der Waals surface area contributed by atoms with E-state index in [0.717, 1.165) is 6.07 Å². The molecule has 1 unspecified atom stereocenters. The molecule has 1 atom stereocenters. The summed E-state index contributed by atoms with van der Waals surface area (Å²) in [4.78, 5) is 22.2. The van der Waals surface area contributed by atoms with Crippen LogP contribution in [0.3, 0.4) is 0 Å². The van der Waals surface area contributed by atoms with Gasteiger partial charge >= 0.3 is 12.1 Å². The average Bonchev–Trinajstić information content (AvgIpc) is 2.34. The molecule has 0 aromatic heterocycles. The van der Waals surface area contributed by atoms with Crippen LogP contribution in [0.4, 0.5) is 13.2 Å². The molecule has 0 saturated heterocycles. The summed E-state index contributed by atoms with van der Waals surface area (Å²) in [7, 11) is 0. The molecule has 1 aromatic rings. The first-order valence-electron chi connectivity index (χ1n) is 5.50. The molecule has 0 aliphatic rings. The number of nitrogens with one attached hydrogen (secondary N) is 1. The number of rotatable bonds is 4. The number of benzene rings is 1. The third-order valence-corrected chi connectivity index (χ3v) is 3.22. The first-order chi connectivity index (χ1) is 9.12. The summed E-state index contributed by atoms with van der Waals surface area (Å²) < 4.78 is 37.9. The first-order valence-corrected chi connectivity index (χ1v) is 6.30. The smallest absolute Gasteiger partial charge is 0.417 e. The minimum absolute atomic E-state index is 0.161. The predicted octanol–water partition coefficient (Wildman–Crippen LogP) is 2.92. The predicted molar refractivity (Wildman–Crippen MR) is 68.3 cm³/mol. The van der Waals surface area contributed by atoms with Crippen molar-refractivity contribution in [1.29, 1.82) is 0 Å². The Balaban J connectivity index is 2.87. The normalized spacial score (nSPS) is 12.8. The Bertz CT molecular complexity index is 531. The Kier molecular flexibility index (Phi) is 5.15. The van der Waals surface area contributed by atoms with Crippen LogP contribution in [0.25, 0.3) is 0 Å². The standard InChI is InChI=1S/C12H11BrF3NO3/c1-6(11(19)20)5-17-10(18)7-2-3-9(13)8(4-7)12(14,15)16/h2-4,6H,5H2,1H3,(H,17,18)(H,19,20). The molecule has 2 N–H and O–H groups in total. The molecule has 1 aromatic carbocycles. The fraction of sp³-hybridized carbons (Fsp3) is 0.333. The molecule has 0 aliphatic heterocycles.